The molecule has 0 rings (SSSR count). The molecule has 24 heavy (non-hydrogen) atoms. The van der Waals surface area contributed by atoms with E-state index in [1.807, 2.05) is 0 Å². The van der Waals surface area contributed by atoms with Crippen molar-refractivity contribution in [2.45, 2.75) is 111 Å². The van der Waals surface area contributed by atoms with Gasteiger partial charge in [0.05, 0.1) is 19.1 Å². The van der Waals surface area contributed by atoms with Gasteiger partial charge in [-0.2, -0.15) is 0 Å². The van der Waals surface area contributed by atoms with Gasteiger partial charge in [-0.3, -0.25) is 4.79 Å². The Morgan fingerprint density at radius 3 is 1.79 bits per heavy atom. The largest absolute Gasteiger partial charge is 0.378 e. The summed E-state index contributed by atoms with van der Waals surface area (Å²) in [4.78, 5) is 14.6. The van der Waals surface area contributed by atoms with Gasteiger partial charge in [0.15, 0.2) is 0 Å². The van der Waals surface area contributed by atoms with Crippen LogP contribution < -0.4 is 0 Å². The summed E-state index contributed by atoms with van der Waals surface area (Å²) in [5.74, 6) is 0.282. The van der Waals surface area contributed by atoms with Gasteiger partial charge in [0.1, 0.15) is 0 Å². The Morgan fingerprint density at radius 2 is 1.33 bits per heavy atom. The van der Waals surface area contributed by atoms with Crippen LogP contribution in [-0.2, 0) is 9.53 Å². The van der Waals surface area contributed by atoms with Gasteiger partial charge in [0.25, 0.3) is 0 Å². The van der Waals surface area contributed by atoms with Gasteiger partial charge in [-0.15, -0.1) is 0 Å². The average molecular weight is 342 g/mol. The molecular weight excluding hydrogens is 298 g/mol. The summed E-state index contributed by atoms with van der Waals surface area (Å²) in [5.41, 5.74) is 0. The second-order valence-corrected chi connectivity index (χ2v) is 7.05. The van der Waals surface area contributed by atoms with Crippen LogP contribution in [-0.4, -0.2) is 36.6 Å². The Bertz CT molecular complexity index is 267. The minimum atomic E-state index is 0.259. The van der Waals surface area contributed by atoms with Crippen molar-refractivity contribution in [2.75, 3.05) is 19.7 Å². The molecule has 0 aliphatic rings. The Hall–Kier alpha value is -0.570. The smallest absolute Gasteiger partial charge is 0.224 e. The Morgan fingerprint density at radius 1 is 0.833 bits per heavy atom. The summed E-state index contributed by atoms with van der Waals surface area (Å²) in [5, 5.41) is 0. The molecule has 3 heteroatoms. The van der Waals surface area contributed by atoms with E-state index >= 15 is 0 Å². The Labute approximate surface area is 151 Å². The highest BCUT2D eigenvalue weighted by Gasteiger charge is 2.13. The fourth-order valence-electron chi connectivity index (χ4n) is 2.80. The minimum Gasteiger partial charge on any atom is -0.378 e. The maximum Gasteiger partial charge on any atom is 0.224 e. The third-order valence-electron chi connectivity index (χ3n) is 4.71. The molecule has 0 aromatic rings. The maximum absolute atomic E-state index is 12.5. The molecule has 0 fully saturated rings. The molecule has 0 aliphatic heterocycles. The van der Waals surface area contributed by atoms with Gasteiger partial charge < -0.3 is 9.64 Å². The molecule has 0 radical (unpaired) electrons. The number of rotatable bonds is 17. The lowest BCUT2D eigenvalue weighted by atomic mass is 10.1. The first kappa shape index (κ1) is 23.4. The Kier molecular flexibility index (Phi) is 16.8. The van der Waals surface area contributed by atoms with E-state index in [4.69, 9.17) is 4.74 Å². The van der Waals surface area contributed by atoms with Crippen LogP contribution in [0.5, 0.6) is 0 Å². The van der Waals surface area contributed by atoms with Crippen LogP contribution in [0.2, 0.25) is 0 Å². The molecule has 0 spiro atoms. The van der Waals surface area contributed by atoms with Crippen molar-refractivity contribution in [3.63, 3.8) is 0 Å². The predicted molar refractivity (Wildman–Crippen MR) is 104 cm³/mol. The van der Waals surface area contributed by atoms with Crippen LogP contribution >= 0.6 is 0 Å². The first-order valence-corrected chi connectivity index (χ1v) is 10.5. The number of hydrogen-bond acceptors (Lipinski definition) is 2. The molecule has 0 saturated carbocycles. The third-order valence-corrected chi connectivity index (χ3v) is 4.71. The van der Waals surface area contributed by atoms with E-state index in [-0.39, 0.29) is 12.0 Å². The SMILES string of the molecule is CCCCCCCN(CCCCCCC)C(=O)CCOC(C)CC. The first-order chi connectivity index (χ1) is 11.7. The van der Waals surface area contributed by atoms with Gasteiger partial charge in [0, 0.05) is 13.1 Å². The van der Waals surface area contributed by atoms with E-state index in [1.54, 1.807) is 0 Å². The number of nitrogens with zero attached hydrogens (tertiary/aromatic N) is 1. The van der Waals surface area contributed by atoms with Crippen molar-refractivity contribution in [1.29, 1.82) is 0 Å². The van der Waals surface area contributed by atoms with E-state index in [0.29, 0.717) is 13.0 Å². The summed E-state index contributed by atoms with van der Waals surface area (Å²) in [7, 11) is 0. The lowest BCUT2D eigenvalue weighted by molar-refractivity contribution is -0.133. The standard InChI is InChI=1S/C21H43NO2/c1-5-8-10-12-14-17-22(18-15-13-11-9-6-2)21(23)16-19-24-20(4)7-3/h20H,5-19H2,1-4H3. The first-order valence-electron chi connectivity index (χ1n) is 10.5. The fourth-order valence-corrected chi connectivity index (χ4v) is 2.80. The van der Waals surface area contributed by atoms with Crippen LogP contribution in [0.1, 0.15) is 105 Å². The summed E-state index contributed by atoms with van der Waals surface area (Å²) in [6.45, 7) is 11.1. The lowest BCUT2D eigenvalue weighted by Crippen LogP contribution is -2.33. The minimum absolute atomic E-state index is 0.259. The molecule has 0 bridgehead atoms. The monoisotopic (exact) mass is 341 g/mol. The van der Waals surface area contributed by atoms with Gasteiger partial charge in [0.2, 0.25) is 5.91 Å². The van der Waals surface area contributed by atoms with Crippen molar-refractivity contribution >= 4 is 5.91 Å². The van der Waals surface area contributed by atoms with Gasteiger partial charge in [-0.25, -0.2) is 0 Å². The molecule has 0 heterocycles. The summed E-state index contributed by atoms with van der Waals surface area (Å²) < 4.78 is 5.68. The molecule has 0 aromatic heterocycles. The number of amides is 1. The number of ether oxygens (including phenoxy) is 1. The Balaban J connectivity index is 4.09. The normalized spacial score (nSPS) is 12.3. The van der Waals surface area contributed by atoms with E-state index in [0.717, 1.165) is 32.4 Å². The topological polar surface area (TPSA) is 29.5 Å². The van der Waals surface area contributed by atoms with Crippen molar-refractivity contribution < 1.29 is 9.53 Å². The number of carbonyl (C=O) groups excluding carboxylic acids is 1. The quantitative estimate of drug-likeness (QED) is 0.305. The van der Waals surface area contributed by atoms with Crippen LogP contribution in [0.4, 0.5) is 0 Å². The predicted octanol–water partition coefficient (Wildman–Crippen LogP) is 5.96. The molecular formula is C21H43NO2. The van der Waals surface area contributed by atoms with E-state index < -0.39 is 0 Å². The third kappa shape index (κ3) is 13.8. The van der Waals surface area contributed by atoms with Crippen molar-refractivity contribution in [1.82, 2.24) is 4.90 Å². The van der Waals surface area contributed by atoms with Crippen LogP contribution in [0.3, 0.4) is 0 Å². The molecule has 0 N–H and O–H groups in total. The molecule has 0 aliphatic carbocycles. The number of unbranched alkanes of at least 4 members (excludes halogenated alkanes) is 8. The van der Waals surface area contributed by atoms with Crippen molar-refractivity contribution in [3.05, 3.63) is 0 Å². The van der Waals surface area contributed by atoms with Crippen molar-refractivity contribution in [3.8, 4) is 0 Å². The number of carbonyl (C=O) groups is 1. The zero-order valence-electron chi connectivity index (χ0n) is 16.9. The van der Waals surface area contributed by atoms with Crippen LogP contribution in [0.25, 0.3) is 0 Å². The lowest BCUT2D eigenvalue weighted by Gasteiger charge is -2.23. The number of hydrogen-bond donors (Lipinski definition) is 0. The summed E-state index contributed by atoms with van der Waals surface area (Å²) >= 11 is 0. The summed E-state index contributed by atoms with van der Waals surface area (Å²) in [6.07, 6.45) is 14.4. The molecule has 1 atom stereocenters. The second kappa shape index (κ2) is 17.3. The highest BCUT2D eigenvalue weighted by atomic mass is 16.5. The maximum atomic E-state index is 12.5. The van der Waals surface area contributed by atoms with Gasteiger partial charge in [-0.1, -0.05) is 72.1 Å². The average Bonchev–Trinajstić information content (AvgIpc) is 2.59. The van der Waals surface area contributed by atoms with E-state index in [9.17, 15) is 4.79 Å². The molecule has 0 aromatic carbocycles. The highest BCUT2D eigenvalue weighted by molar-refractivity contribution is 5.76. The van der Waals surface area contributed by atoms with Gasteiger partial charge >= 0.3 is 0 Å². The second-order valence-electron chi connectivity index (χ2n) is 7.05. The summed E-state index contributed by atoms with van der Waals surface area (Å²) in [6, 6.07) is 0. The zero-order chi connectivity index (χ0) is 18.0. The fraction of sp³-hybridized carbons (Fsp3) is 0.952. The van der Waals surface area contributed by atoms with Crippen LogP contribution in [0.15, 0.2) is 0 Å². The molecule has 144 valence electrons. The molecule has 0 saturated heterocycles. The van der Waals surface area contributed by atoms with E-state index in [1.165, 1.54) is 51.4 Å². The molecule has 3 nitrogen and oxygen atoms in total. The van der Waals surface area contributed by atoms with E-state index in [2.05, 4.69) is 32.6 Å². The highest BCUT2D eigenvalue weighted by Crippen LogP contribution is 2.09. The molecule has 1 unspecified atom stereocenters. The zero-order valence-corrected chi connectivity index (χ0v) is 16.9. The molecule has 1 amide bonds. The van der Waals surface area contributed by atoms with Crippen molar-refractivity contribution in [2.24, 2.45) is 0 Å². The van der Waals surface area contributed by atoms with Crippen LogP contribution in [0, 0.1) is 0 Å². The van der Waals surface area contributed by atoms with Gasteiger partial charge in [-0.05, 0) is 26.2 Å².